The van der Waals surface area contributed by atoms with Crippen molar-refractivity contribution in [2.75, 3.05) is 0 Å². The van der Waals surface area contributed by atoms with Gasteiger partial charge in [0.1, 0.15) is 0 Å². The highest BCUT2D eigenvalue weighted by Crippen LogP contribution is 2.28. The Bertz CT molecular complexity index is 522. The quantitative estimate of drug-likeness (QED) is 0.699. The van der Waals surface area contributed by atoms with E-state index in [0.717, 1.165) is 32.5 Å². The van der Waals surface area contributed by atoms with E-state index in [4.69, 9.17) is 5.26 Å². The molecule has 1 nitrogen and oxygen atoms in total. The topological polar surface area (TPSA) is 23.8 Å². The molecule has 0 radical (unpaired) electrons. The number of aryl methyl sites for hydroxylation is 1. The molecule has 1 aromatic carbocycles. The number of halogens is 1. The summed E-state index contributed by atoms with van der Waals surface area (Å²) in [6.45, 7) is 1.94. The highest BCUT2D eigenvalue weighted by atomic mass is 32.1. The van der Waals surface area contributed by atoms with Gasteiger partial charge in [-0.1, -0.05) is 6.07 Å². The number of nitriles is 1. The fraction of sp³-hybridized carbons (Fsp3) is 0.182. The van der Waals surface area contributed by atoms with Crippen molar-refractivity contribution in [3.63, 3.8) is 0 Å². The molecular weight excluding hydrogens is 197 g/mol. The summed E-state index contributed by atoms with van der Waals surface area (Å²) in [5.41, 5.74) is 1.99. The van der Waals surface area contributed by atoms with Crippen LogP contribution in [0.4, 0.5) is 4.39 Å². The van der Waals surface area contributed by atoms with Crippen LogP contribution in [0.15, 0.2) is 18.2 Å². The number of rotatable bonds is 1. The van der Waals surface area contributed by atoms with Gasteiger partial charge >= 0.3 is 0 Å². The monoisotopic (exact) mass is 205 g/mol. The normalized spacial score (nSPS) is 10.4. The van der Waals surface area contributed by atoms with Crippen molar-refractivity contribution in [2.45, 2.75) is 13.3 Å². The fourth-order valence-corrected chi connectivity index (χ4v) is 2.48. The first-order valence-corrected chi connectivity index (χ1v) is 5.08. The van der Waals surface area contributed by atoms with E-state index in [-0.39, 0.29) is 5.13 Å². The summed E-state index contributed by atoms with van der Waals surface area (Å²) in [5, 5.41) is 9.35. The summed E-state index contributed by atoms with van der Waals surface area (Å²) in [6, 6.07) is 7.47. The smallest absolute Gasteiger partial charge is 0.177 e. The van der Waals surface area contributed by atoms with Crippen LogP contribution in [-0.2, 0) is 6.42 Å². The Hall–Kier alpha value is -1.40. The molecule has 0 amide bonds. The molecule has 0 aliphatic carbocycles. The summed E-state index contributed by atoms with van der Waals surface area (Å²) in [5.74, 6) is 0. The van der Waals surface area contributed by atoms with Crippen LogP contribution in [0.3, 0.4) is 0 Å². The molecule has 0 aliphatic rings. The van der Waals surface area contributed by atoms with E-state index < -0.39 is 0 Å². The van der Waals surface area contributed by atoms with Gasteiger partial charge in [-0.05, 0) is 35.6 Å². The largest absolute Gasteiger partial charge is 0.198 e. The van der Waals surface area contributed by atoms with Crippen LogP contribution in [0.25, 0.3) is 10.1 Å². The van der Waals surface area contributed by atoms with Gasteiger partial charge in [-0.3, -0.25) is 0 Å². The first-order valence-electron chi connectivity index (χ1n) is 4.26. The van der Waals surface area contributed by atoms with Crippen LogP contribution in [0.1, 0.15) is 11.1 Å². The zero-order valence-electron chi connectivity index (χ0n) is 7.67. The molecule has 0 bridgehead atoms. The molecular formula is C11H8FNS. The second-order valence-electron chi connectivity index (χ2n) is 3.21. The molecule has 70 valence electrons. The SMILES string of the molecule is Cc1cc(CC#N)cc2sc(F)cc12. The van der Waals surface area contributed by atoms with E-state index >= 15 is 0 Å². The highest BCUT2D eigenvalue weighted by Gasteiger charge is 2.05. The average Bonchev–Trinajstić information content (AvgIpc) is 2.47. The molecule has 0 saturated carbocycles. The predicted octanol–water partition coefficient (Wildman–Crippen LogP) is 3.41. The van der Waals surface area contributed by atoms with Crippen LogP contribution >= 0.6 is 11.3 Å². The predicted molar refractivity (Wildman–Crippen MR) is 55.8 cm³/mol. The van der Waals surface area contributed by atoms with Gasteiger partial charge in [0.25, 0.3) is 0 Å². The highest BCUT2D eigenvalue weighted by molar-refractivity contribution is 7.17. The van der Waals surface area contributed by atoms with Gasteiger partial charge in [0.2, 0.25) is 0 Å². The standard InChI is InChI=1S/C11H8FNS/c1-7-4-8(2-3-13)5-10-9(7)6-11(12)14-10/h4-6H,2H2,1H3. The molecule has 0 fully saturated rings. The van der Waals surface area contributed by atoms with Gasteiger partial charge in [0.15, 0.2) is 5.13 Å². The molecule has 0 atom stereocenters. The molecule has 14 heavy (non-hydrogen) atoms. The number of nitrogens with zero attached hydrogens (tertiary/aromatic N) is 1. The summed E-state index contributed by atoms with van der Waals surface area (Å²) >= 11 is 1.13. The second-order valence-corrected chi connectivity index (χ2v) is 4.24. The van der Waals surface area contributed by atoms with Crippen molar-refractivity contribution in [1.82, 2.24) is 0 Å². The van der Waals surface area contributed by atoms with Crippen molar-refractivity contribution >= 4 is 21.4 Å². The lowest BCUT2D eigenvalue weighted by molar-refractivity contribution is 0.658. The summed E-state index contributed by atoms with van der Waals surface area (Å²) in [6.07, 6.45) is 0.385. The molecule has 2 rings (SSSR count). The van der Waals surface area contributed by atoms with E-state index in [1.54, 1.807) is 6.07 Å². The maximum atomic E-state index is 13.0. The molecule has 0 saturated heterocycles. The van der Waals surface area contributed by atoms with E-state index in [1.165, 1.54) is 0 Å². The number of fused-ring (bicyclic) bond motifs is 1. The van der Waals surface area contributed by atoms with Crippen LogP contribution in [0, 0.1) is 23.4 Å². The Morgan fingerprint density at radius 2 is 2.21 bits per heavy atom. The minimum atomic E-state index is -0.169. The van der Waals surface area contributed by atoms with Gasteiger partial charge in [0.05, 0.1) is 12.5 Å². The first-order chi connectivity index (χ1) is 6.70. The molecule has 0 aliphatic heterocycles. The zero-order chi connectivity index (χ0) is 10.1. The van der Waals surface area contributed by atoms with Gasteiger partial charge in [-0.2, -0.15) is 9.65 Å². The van der Waals surface area contributed by atoms with E-state index in [0.29, 0.717) is 6.42 Å². The lowest BCUT2D eigenvalue weighted by Crippen LogP contribution is -1.82. The molecule has 1 heterocycles. The number of thiophene rings is 1. The van der Waals surface area contributed by atoms with E-state index in [1.807, 2.05) is 19.1 Å². The Balaban J connectivity index is 2.66. The van der Waals surface area contributed by atoms with Crippen LogP contribution in [0.5, 0.6) is 0 Å². The van der Waals surface area contributed by atoms with E-state index in [9.17, 15) is 4.39 Å². The van der Waals surface area contributed by atoms with Crippen molar-refractivity contribution in [2.24, 2.45) is 0 Å². The average molecular weight is 205 g/mol. The fourth-order valence-electron chi connectivity index (χ4n) is 1.55. The lowest BCUT2D eigenvalue weighted by Gasteiger charge is -1.99. The molecule has 1 aromatic heterocycles. The lowest BCUT2D eigenvalue weighted by atomic mass is 10.1. The Labute approximate surface area is 85.4 Å². The maximum Gasteiger partial charge on any atom is 0.177 e. The molecule has 0 spiro atoms. The number of hydrogen-bond acceptors (Lipinski definition) is 2. The van der Waals surface area contributed by atoms with Crippen LogP contribution in [0.2, 0.25) is 0 Å². The Morgan fingerprint density at radius 1 is 1.43 bits per heavy atom. The minimum Gasteiger partial charge on any atom is -0.198 e. The second kappa shape index (κ2) is 3.39. The van der Waals surface area contributed by atoms with Gasteiger partial charge < -0.3 is 0 Å². The van der Waals surface area contributed by atoms with Crippen molar-refractivity contribution in [1.29, 1.82) is 5.26 Å². The molecule has 0 unspecified atom stereocenters. The van der Waals surface area contributed by atoms with E-state index in [2.05, 4.69) is 6.07 Å². The third-order valence-electron chi connectivity index (χ3n) is 2.16. The van der Waals surface area contributed by atoms with Crippen LogP contribution < -0.4 is 0 Å². The van der Waals surface area contributed by atoms with Crippen LogP contribution in [-0.4, -0.2) is 0 Å². The first kappa shape index (κ1) is 9.17. The summed E-state index contributed by atoms with van der Waals surface area (Å²) in [4.78, 5) is 0. The minimum absolute atomic E-state index is 0.169. The van der Waals surface area contributed by atoms with Crippen molar-refractivity contribution in [3.05, 3.63) is 34.5 Å². The summed E-state index contributed by atoms with van der Waals surface area (Å²) < 4.78 is 13.9. The third kappa shape index (κ3) is 1.49. The Morgan fingerprint density at radius 3 is 2.93 bits per heavy atom. The molecule has 2 aromatic rings. The molecule has 0 N–H and O–H groups in total. The summed E-state index contributed by atoms with van der Waals surface area (Å²) in [7, 11) is 0. The number of hydrogen-bond donors (Lipinski definition) is 0. The number of benzene rings is 1. The Kier molecular flexibility index (Phi) is 2.22. The van der Waals surface area contributed by atoms with Gasteiger partial charge in [0, 0.05) is 4.70 Å². The maximum absolute atomic E-state index is 13.0. The molecule has 3 heteroatoms. The van der Waals surface area contributed by atoms with Crippen molar-refractivity contribution in [3.8, 4) is 6.07 Å². The van der Waals surface area contributed by atoms with Gasteiger partial charge in [-0.25, -0.2) is 0 Å². The zero-order valence-corrected chi connectivity index (χ0v) is 8.49. The van der Waals surface area contributed by atoms with Crippen molar-refractivity contribution < 1.29 is 4.39 Å². The third-order valence-corrected chi connectivity index (χ3v) is 3.03. The van der Waals surface area contributed by atoms with Gasteiger partial charge in [-0.15, -0.1) is 11.3 Å².